The Morgan fingerprint density at radius 3 is 2.75 bits per heavy atom. The van der Waals surface area contributed by atoms with Crippen molar-refractivity contribution in [3.8, 4) is 0 Å². The first-order valence-electron chi connectivity index (χ1n) is 5.71. The average molecular weight is 223 g/mol. The van der Waals surface area contributed by atoms with E-state index in [1.165, 1.54) is 0 Å². The zero-order chi connectivity index (χ0) is 12.3. The van der Waals surface area contributed by atoms with Crippen LogP contribution < -0.4 is 0 Å². The van der Waals surface area contributed by atoms with Crippen molar-refractivity contribution < 1.29 is 9.53 Å². The lowest BCUT2D eigenvalue weighted by Crippen LogP contribution is -2.41. The van der Waals surface area contributed by atoms with Crippen LogP contribution in [-0.2, 0) is 4.74 Å². The summed E-state index contributed by atoms with van der Waals surface area (Å²) in [4.78, 5) is 13.6. The molecule has 90 valence electrons. The van der Waals surface area contributed by atoms with Crippen LogP contribution in [0.5, 0.6) is 0 Å². The topological polar surface area (TPSA) is 29.5 Å². The summed E-state index contributed by atoms with van der Waals surface area (Å²) < 4.78 is 5.35. The molecule has 0 N–H and O–H groups in total. The first-order chi connectivity index (χ1) is 7.33. The van der Waals surface area contributed by atoms with E-state index >= 15 is 0 Å². The Balaban J connectivity index is 2.74. The van der Waals surface area contributed by atoms with Crippen molar-refractivity contribution in [2.45, 2.75) is 52.2 Å². The predicted molar refractivity (Wildman–Crippen MR) is 65.0 cm³/mol. The molecule has 0 aromatic rings. The molecule has 0 saturated carbocycles. The van der Waals surface area contributed by atoms with Gasteiger partial charge in [0.05, 0.1) is 0 Å². The number of hydrogen-bond donors (Lipinski definition) is 0. The highest BCUT2D eigenvalue weighted by Gasteiger charge is 2.27. The van der Waals surface area contributed by atoms with Gasteiger partial charge >= 0.3 is 6.09 Å². The third-order valence-electron chi connectivity index (χ3n) is 2.44. The van der Waals surface area contributed by atoms with Gasteiger partial charge in [-0.3, -0.25) is 4.90 Å². The molecule has 0 bridgehead atoms. The lowest BCUT2D eigenvalue weighted by molar-refractivity contribution is 0.0258. The molecule has 1 amide bonds. The molecule has 1 atom stereocenters. The Bertz CT molecular complexity index is 312. The summed E-state index contributed by atoms with van der Waals surface area (Å²) in [5.41, 5.74) is 0.615. The summed E-state index contributed by atoms with van der Waals surface area (Å²) in [6.45, 7) is 11.6. The van der Waals surface area contributed by atoms with Gasteiger partial charge in [-0.1, -0.05) is 19.1 Å². The summed E-state index contributed by atoms with van der Waals surface area (Å²) in [5.74, 6) is 0. The number of amides is 1. The van der Waals surface area contributed by atoms with Crippen LogP contribution in [0.15, 0.2) is 24.4 Å². The second-order valence-electron chi connectivity index (χ2n) is 5.13. The van der Waals surface area contributed by atoms with E-state index in [4.69, 9.17) is 4.74 Å². The molecular weight excluding hydrogens is 202 g/mol. The molecular formula is C13H21NO2. The fourth-order valence-corrected chi connectivity index (χ4v) is 1.64. The number of carbonyl (C=O) groups excluding carboxylic acids is 1. The Hall–Kier alpha value is -1.25. The molecule has 1 aliphatic rings. The maximum absolute atomic E-state index is 11.9. The van der Waals surface area contributed by atoms with Crippen molar-refractivity contribution in [2.75, 3.05) is 0 Å². The van der Waals surface area contributed by atoms with Crippen molar-refractivity contribution in [1.29, 1.82) is 0 Å². The molecule has 1 aliphatic heterocycles. The van der Waals surface area contributed by atoms with Crippen LogP contribution in [0, 0.1) is 0 Å². The number of allylic oxidation sites excluding steroid dienone is 1. The van der Waals surface area contributed by atoms with Crippen LogP contribution in [0.3, 0.4) is 0 Å². The second kappa shape index (κ2) is 4.73. The Labute approximate surface area is 97.8 Å². The standard InChI is InChI=1S/C13H21NO2/c1-6-11-9-10(2)7-8-14(11)12(15)16-13(3,4)5/h7-8,11H,2,6,9H2,1,3-5H3. The monoisotopic (exact) mass is 223 g/mol. The first-order valence-corrected chi connectivity index (χ1v) is 5.71. The van der Waals surface area contributed by atoms with Crippen molar-refractivity contribution in [3.05, 3.63) is 24.4 Å². The highest BCUT2D eigenvalue weighted by atomic mass is 16.6. The third-order valence-corrected chi connectivity index (χ3v) is 2.44. The maximum atomic E-state index is 11.9. The largest absolute Gasteiger partial charge is 0.443 e. The highest BCUT2D eigenvalue weighted by molar-refractivity contribution is 5.70. The van der Waals surface area contributed by atoms with Crippen LogP contribution in [-0.4, -0.2) is 22.6 Å². The van der Waals surface area contributed by atoms with Crippen molar-refractivity contribution in [2.24, 2.45) is 0 Å². The molecule has 0 radical (unpaired) electrons. The number of hydrogen-bond acceptors (Lipinski definition) is 2. The van der Waals surface area contributed by atoms with Crippen LogP contribution in [0.2, 0.25) is 0 Å². The number of carbonyl (C=O) groups is 1. The third kappa shape index (κ3) is 3.40. The summed E-state index contributed by atoms with van der Waals surface area (Å²) in [6, 6.07) is 0.173. The molecule has 16 heavy (non-hydrogen) atoms. The van der Waals surface area contributed by atoms with E-state index in [1.54, 1.807) is 11.1 Å². The fraction of sp³-hybridized carbons (Fsp3) is 0.615. The van der Waals surface area contributed by atoms with E-state index in [2.05, 4.69) is 13.5 Å². The van der Waals surface area contributed by atoms with Crippen molar-refractivity contribution >= 4 is 6.09 Å². The van der Waals surface area contributed by atoms with Crippen molar-refractivity contribution in [1.82, 2.24) is 4.90 Å². The lowest BCUT2D eigenvalue weighted by atomic mass is 10.0. The minimum absolute atomic E-state index is 0.173. The normalized spacial score (nSPS) is 21.1. The molecule has 1 unspecified atom stereocenters. The van der Waals surface area contributed by atoms with Crippen LogP contribution in [0.25, 0.3) is 0 Å². The van der Waals surface area contributed by atoms with Gasteiger partial charge in [0.25, 0.3) is 0 Å². The quantitative estimate of drug-likeness (QED) is 0.681. The first kappa shape index (κ1) is 12.8. The fourth-order valence-electron chi connectivity index (χ4n) is 1.64. The van der Waals surface area contributed by atoms with E-state index in [0.717, 1.165) is 18.4 Å². The average Bonchev–Trinajstić information content (AvgIpc) is 2.14. The maximum Gasteiger partial charge on any atom is 0.414 e. The van der Waals surface area contributed by atoms with E-state index in [9.17, 15) is 4.79 Å². The molecule has 0 spiro atoms. The van der Waals surface area contributed by atoms with Gasteiger partial charge in [-0.25, -0.2) is 4.79 Å². The molecule has 0 aromatic heterocycles. The Morgan fingerprint density at radius 1 is 1.62 bits per heavy atom. The van der Waals surface area contributed by atoms with Gasteiger partial charge in [-0.2, -0.15) is 0 Å². The predicted octanol–water partition coefficient (Wildman–Crippen LogP) is 3.48. The Morgan fingerprint density at radius 2 is 2.25 bits per heavy atom. The number of rotatable bonds is 1. The summed E-state index contributed by atoms with van der Waals surface area (Å²) >= 11 is 0. The molecule has 0 aliphatic carbocycles. The lowest BCUT2D eigenvalue weighted by Gasteiger charge is -2.33. The van der Waals surface area contributed by atoms with E-state index < -0.39 is 5.60 Å². The minimum atomic E-state index is -0.447. The van der Waals surface area contributed by atoms with Gasteiger partial charge in [-0.05, 0) is 39.7 Å². The molecule has 0 aromatic carbocycles. The van der Waals surface area contributed by atoms with Gasteiger partial charge < -0.3 is 4.74 Å². The van der Waals surface area contributed by atoms with Crippen LogP contribution >= 0.6 is 0 Å². The zero-order valence-electron chi connectivity index (χ0n) is 10.6. The molecule has 1 heterocycles. The van der Waals surface area contributed by atoms with Crippen LogP contribution in [0.4, 0.5) is 4.79 Å². The van der Waals surface area contributed by atoms with Gasteiger partial charge in [0, 0.05) is 12.2 Å². The minimum Gasteiger partial charge on any atom is -0.443 e. The number of nitrogens with zero attached hydrogens (tertiary/aromatic N) is 1. The van der Waals surface area contributed by atoms with E-state index in [0.29, 0.717) is 0 Å². The van der Waals surface area contributed by atoms with Crippen LogP contribution in [0.1, 0.15) is 40.5 Å². The zero-order valence-corrected chi connectivity index (χ0v) is 10.6. The smallest absolute Gasteiger partial charge is 0.414 e. The molecule has 0 fully saturated rings. The van der Waals surface area contributed by atoms with E-state index in [-0.39, 0.29) is 12.1 Å². The second-order valence-corrected chi connectivity index (χ2v) is 5.13. The van der Waals surface area contributed by atoms with Crippen molar-refractivity contribution in [3.63, 3.8) is 0 Å². The summed E-state index contributed by atoms with van der Waals surface area (Å²) in [5, 5.41) is 0. The summed E-state index contributed by atoms with van der Waals surface area (Å²) in [7, 11) is 0. The van der Waals surface area contributed by atoms with Gasteiger partial charge in [-0.15, -0.1) is 0 Å². The SMILES string of the molecule is C=C1C=CN(C(=O)OC(C)(C)C)C(CC)C1. The molecule has 3 nitrogen and oxygen atoms in total. The van der Waals surface area contributed by atoms with Gasteiger partial charge in [0.2, 0.25) is 0 Å². The van der Waals surface area contributed by atoms with Gasteiger partial charge in [0.1, 0.15) is 5.60 Å². The molecule has 1 rings (SSSR count). The Kier molecular flexibility index (Phi) is 3.79. The molecule has 0 saturated heterocycles. The molecule has 3 heteroatoms. The van der Waals surface area contributed by atoms with E-state index in [1.807, 2.05) is 26.8 Å². The highest BCUT2D eigenvalue weighted by Crippen LogP contribution is 2.23. The van der Waals surface area contributed by atoms with Gasteiger partial charge in [0.15, 0.2) is 0 Å². The number of ether oxygens (including phenoxy) is 1. The summed E-state index contributed by atoms with van der Waals surface area (Å²) in [6.07, 6.45) is 5.10.